The number of hydrogen-bond acceptors (Lipinski definition) is 1. The predicted octanol–water partition coefficient (Wildman–Crippen LogP) is 6.05. The van der Waals surface area contributed by atoms with Crippen LogP contribution in [0.1, 0.15) is 49.7 Å². The fourth-order valence-corrected chi connectivity index (χ4v) is 4.91. The normalized spacial score (nSPS) is 26.5. The molecule has 26 heavy (non-hydrogen) atoms. The summed E-state index contributed by atoms with van der Waals surface area (Å²) in [5.74, 6) is -0.493. The van der Waals surface area contributed by atoms with Gasteiger partial charge in [-0.2, -0.15) is 13.2 Å². The number of benzene rings is 2. The SMILES string of the molecule is CCCCCCN1c2ccccc2[C@H]2[C@@H]1[C@]2(c1ccccc1)C(F)(F)F. The summed E-state index contributed by atoms with van der Waals surface area (Å²) in [4.78, 5) is 2.04. The van der Waals surface area contributed by atoms with Gasteiger partial charge in [0.1, 0.15) is 5.41 Å². The molecule has 4 rings (SSSR count). The van der Waals surface area contributed by atoms with Crippen molar-refractivity contribution in [3.63, 3.8) is 0 Å². The number of fused-ring (bicyclic) bond motifs is 3. The summed E-state index contributed by atoms with van der Waals surface area (Å²) < 4.78 is 43.2. The van der Waals surface area contributed by atoms with Crippen molar-refractivity contribution in [2.24, 2.45) is 0 Å². The Balaban J connectivity index is 1.74. The molecule has 0 N–H and O–H groups in total. The van der Waals surface area contributed by atoms with Gasteiger partial charge in [-0.15, -0.1) is 0 Å². The maximum Gasteiger partial charge on any atom is 0.401 e. The summed E-state index contributed by atoms with van der Waals surface area (Å²) in [6.07, 6.45) is -0.00422. The molecule has 1 heterocycles. The summed E-state index contributed by atoms with van der Waals surface area (Å²) in [5.41, 5.74) is 0.479. The first kappa shape index (κ1) is 17.4. The van der Waals surface area contributed by atoms with E-state index in [-0.39, 0.29) is 0 Å². The van der Waals surface area contributed by atoms with Gasteiger partial charge in [0, 0.05) is 18.2 Å². The summed E-state index contributed by atoms with van der Waals surface area (Å²) in [5, 5.41) is 0. The second-order valence-corrected chi connectivity index (χ2v) is 7.47. The van der Waals surface area contributed by atoms with Gasteiger partial charge in [-0.3, -0.25) is 0 Å². The third kappa shape index (κ3) is 2.38. The summed E-state index contributed by atoms with van der Waals surface area (Å²) in [6, 6.07) is 15.6. The Hall–Kier alpha value is -1.97. The molecule has 0 bridgehead atoms. The maximum absolute atomic E-state index is 14.4. The molecule has 1 fully saturated rings. The van der Waals surface area contributed by atoms with Crippen LogP contribution in [0.25, 0.3) is 0 Å². The van der Waals surface area contributed by atoms with Crippen LogP contribution in [0.4, 0.5) is 18.9 Å². The average molecular weight is 359 g/mol. The first-order valence-corrected chi connectivity index (χ1v) is 9.51. The topological polar surface area (TPSA) is 3.24 Å². The van der Waals surface area contributed by atoms with E-state index in [4.69, 9.17) is 0 Å². The number of halogens is 3. The smallest absolute Gasteiger partial charge is 0.366 e. The number of alkyl halides is 3. The van der Waals surface area contributed by atoms with Crippen molar-refractivity contribution < 1.29 is 13.2 Å². The van der Waals surface area contributed by atoms with Crippen molar-refractivity contribution in [3.05, 3.63) is 65.7 Å². The van der Waals surface area contributed by atoms with Crippen molar-refractivity contribution in [3.8, 4) is 0 Å². The van der Waals surface area contributed by atoms with E-state index in [9.17, 15) is 13.2 Å². The largest absolute Gasteiger partial charge is 0.401 e. The Kier molecular flexibility index (Phi) is 4.25. The summed E-state index contributed by atoms with van der Waals surface area (Å²) in [6.45, 7) is 2.84. The highest BCUT2D eigenvalue weighted by molar-refractivity contribution is 5.73. The van der Waals surface area contributed by atoms with Gasteiger partial charge in [0.05, 0.1) is 6.04 Å². The number of anilines is 1. The highest BCUT2D eigenvalue weighted by atomic mass is 19.4. The van der Waals surface area contributed by atoms with Gasteiger partial charge >= 0.3 is 6.18 Å². The fraction of sp³-hybridized carbons (Fsp3) is 0.455. The minimum Gasteiger partial charge on any atom is -0.366 e. The quantitative estimate of drug-likeness (QED) is 0.567. The second kappa shape index (κ2) is 6.33. The van der Waals surface area contributed by atoms with Gasteiger partial charge in [0.15, 0.2) is 0 Å². The number of unbranched alkanes of at least 4 members (excludes halogenated alkanes) is 3. The first-order valence-electron chi connectivity index (χ1n) is 9.51. The molecular weight excluding hydrogens is 335 g/mol. The van der Waals surface area contributed by atoms with Crippen molar-refractivity contribution in [1.82, 2.24) is 0 Å². The van der Waals surface area contributed by atoms with Crippen LogP contribution in [0, 0.1) is 0 Å². The third-order valence-corrected chi connectivity index (χ3v) is 6.05. The molecule has 1 aliphatic carbocycles. The van der Waals surface area contributed by atoms with Gasteiger partial charge < -0.3 is 4.90 Å². The zero-order valence-corrected chi connectivity index (χ0v) is 15.0. The van der Waals surface area contributed by atoms with Crippen LogP contribution < -0.4 is 4.90 Å². The molecule has 1 saturated carbocycles. The van der Waals surface area contributed by atoms with Crippen LogP contribution in [0.2, 0.25) is 0 Å². The van der Waals surface area contributed by atoms with E-state index in [1.165, 1.54) is 0 Å². The lowest BCUT2D eigenvalue weighted by molar-refractivity contribution is -0.164. The van der Waals surface area contributed by atoms with Crippen LogP contribution in [0.3, 0.4) is 0 Å². The Morgan fingerprint density at radius 3 is 2.31 bits per heavy atom. The molecular formula is C22H24F3N. The zero-order valence-electron chi connectivity index (χ0n) is 15.0. The number of para-hydroxylation sites is 1. The molecule has 4 heteroatoms. The van der Waals surface area contributed by atoms with Gasteiger partial charge in [0.2, 0.25) is 0 Å². The predicted molar refractivity (Wildman–Crippen MR) is 98.6 cm³/mol. The summed E-state index contributed by atoms with van der Waals surface area (Å²) in [7, 11) is 0. The number of nitrogens with zero attached hydrogens (tertiary/aromatic N) is 1. The minimum absolute atomic E-state index is 0.399. The molecule has 2 aromatic rings. The van der Waals surface area contributed by atoms with E-state index in [2.05, 4.69) is 6.92 Å². The standard InChI is InChI=1S/C22H24F3N/c1-2-3-4-10-15-26-18-14-9-8-13-17(18)19-20(26)21(19,22(23,24)25)16-11-6-5-7-12-16/h5-9,11-14,19-20H,2-4,10,15H2,1H3/t19-,20+,21+/m0/s1. The molecule has 2 aliphatic rings. The number of hydrogen-bond donors (Lipinski definition) is 0. The molecule has 1 aliphatic heterocycles. The van der Waals surface area contributed by atoms with Crippen molar-refractivity contribution in [2.45, 2.75) is 56.2 Å². The van der Waals surface area contributed by atoms with Crippen LogP contribution in [0.5, 0.6) is 0 Å². The lowest BCUT2D eigenvalue weighted by Crippen LogP contribution is -2.41. The Morgan fingerprint density at radius 2 is 1.62 bits per heavy atom. The Morgan fingerprint density at radius 1 is 0.923 bits per heavy atom. The van der Waals surface area contributed by atoms with Crippen LogP contribution in [-0.4, -0.2) is 18.8 Å². The van der Waals surface area contributed by atoms with E-state index in [0.29, 0.717) is 12.1 Å². The molecule has 1 nitrogen and oxygen atoms in total. The molecule has 3 atom stereocenters. The molecule has 0 spiro atoms. The van der Waals surface area contributed by atoms with Gasteiger partial charge in [0.25, 0.3) is 0 Å². The minimum atomic E-state index is -4.26. The molecule has 138 valence electrons. The molecule has 0 amide bonds. The van der Waals surface area contributed by atoms with E-state index < -0.39 is 23.6 Å². The number of rotatable bonds is 6. The Bertz CT molecular complexity index is 770. The first-order chi connectivity index (χ1) is 12.5. The lowest BCUT2D eigenvalue weighted by Gasteiger charge is -2.32. The molecule has 2 aromatic carbocycles. The molecule has 0 aromatic heterocycles. The Labute approximate surface area is 152 Å². The van der Waals surface area contributed by atoms with E-state index in [1.807, 2.05) is 29.2 Å². The van der Waals surface area contributed by atoms with Crippen molar-refractivity contribution in [1.29, 1.82) is 0 Å². The maximum atomic E-state index is 14.4. The summed E-state index contributed by atoms with van der Waals surface area (Å²) >= 11 is 0. The van der Waals surface area contributed by atoms with Crippen molar-refractivity contribution in [2.75, 3.05) is 11.4 Å². The van der Waals surface area contributed by atoms with E-state index in [1.54, 1.807) is 30.3 Å². The van der Waals surface area contributed by atoms with Crippen molar-refractivity contribution >= 4 is 5.69 Å². The lowest BCUT2D eigenvalue weighted by atomic mass is 9.87. The molecule has 0 saturated heterocycles. The highest BCUT2D eigenvalue weighted by Gasteiger charge is 2.83. The van der Waals surface area contributed by atoms with Crippen LogP contribution >= 0.6 is 0 Å². The van der Waals surface area contributed by atoms with Gasteiger partial charge in [-0.1, -0.05) is 74.7 Å². The van der Waals surface area contributed by atoms with E-state index >= 15 is 0 Å². The van der Waals surface area contributed by atoms with E-state index in [0.717, 1.165) is 36.9 Å². The van der Waals surface area contributed by atoms with Crippen LogP contribution in [-0.2, 0) is 5.41 Å². The van der Waals surface area contributed by atoms with Gasteiger partial charge in [-0.05, 0) is 23.6 Å². The highest BCUT2D eigenvalue weighted by Crippen LogP contribution is 2.74. The fourth-order valence-electron chi connectivity index (χ4n) is 4.91. The zero-order chi connectivity index (χ0) is 18.4. The molecule has 0 radical (unpaired) electrons. The third-order valence-electron chi connectivity index (χ3n) is 6.05. The van der Waals surface area contributed by atoms with Crippen LogP contribution in [0.15, 0.2) is 54.6 Å². The van der Waals surface area contributed by atoms with Gasteiger partial charge in [-0.25, -0.2) is 0 Å². The average Bonchev–Trinajstić information content (AvgIpc) is 3.24. The monoisotopic (exact) mass is 359 g/mol. The molecule has 0 unspecified atom stereocenters. The second-order valence-electron chi connectivity index (χ2n) is 7.47.